The zero-order valence-corrected chi connectivity index (χ0v) is 9.80. The van der Waals surface area contributed by atoms with E-state index in [-0.39, 0.29) is 11.2 Å². The first-order chi connectivity index (χ1) is 6.63. The molecule has 82 valence electrons. The lowest BCUT2D eigenvalue weighted by atomic mass is 10.1. The largest absolute Gasteiger partial charge is 0.372 e. The first-order valence-electron chi connectivity index (χ1n) is 5.91. The summed E-state index contributed by atoms with van der Waals surface area (Å²) in [5, 5.41) is 0. The molecule has 2 rings (SSSR count). The SMILES string of the molecule is CCOC1(C2(OCC)CC2C)CC1C. The first-order valence-corrected chi connectivity index (χ1v) is 5.91. The standard InChI is InChI=1S/C12H22O2/c1-5-13-11(7-9(11)3)12(14-6-2)8-10(12)4/h9-10H,5-8H2,1-4H3. The van der Waals surface area contributed by atoms with Gasteiger partial charge in [0.2, 0.25) is 0 Å². The second-order valence-corrected chi connectivity index (χ2v) is 4.86. The Morgan fingerprint density at radius 3 is 1.36 bits per heavy atom. The quantitative estimate of drug-likeness (QED) is 0.676. The van der Waals surface area contributed by atoms with Crippen LogP contribution >= 0.6 is 0 Å². The third-order valence-corrected chi connectivity index (χ3v) is 4.01. The van der Waals surface area contributed by atoms with Crippen molar-refractivity contribution in [2.75, 3.05) is 13.2 Å². The molecule has 2 saturated carbocycles. The molecule has 0 aromatic heterocycles. The molecule has 0 spiro atoms. The average molecular weight is 198 g/mol. The van der Waals surface area contributed by atoms with Crippen LogP contribution < -0.4 is 0 Å². The van der Waals surface area contributed by atoms with Crippen molar-refractivity contribution in [3.8, 4) is 0 Å². The van der Waals surface area contributed by atoms with Crippen molar-refractivity contribution in [3.05, 3.63) is 0 Å². The van der Waals surface area contributed by atoms with Crippen LogP contribution in [0.2, 0.25) is 0 Å². The molecule has 2 fully saturated rings. The molecule has 0 heterocycles. The van der Waals surface area contributed by atoms with Gasteiger partial charge in [-0.2, -0.15) is 0 Å². The summed E-state index contributed by atoms with van der Waals surface area (Å²) < 4.78 is 12.0. The molecule has 0 N–H and O–H groups in total. The maximum Gasteiger partial charge on any atom is 0.100 e. The van der Waals surface area contributed by atoms with Gasteiger partial charge in [-0.3, -0.25) is 0 Å². The zero-order chi connectivity index (χ0) is 10.4. The Morgan fingerprint density at radius 2 is 1.21 bits per heavy atom. The van der Waals surface area contributed by atoms with Crippen molar-refractivity contribution in [3.63, 3.8) is 0 Å². The lowest BCUT2D eigenvalue weighted by Crippen LogP contribution is -2.39. The molecule has 2 nitrogen and oxygen atoms in total. The second kappa shape index (κ2) is 3.21. The molecule has 0 amide bonds. The number of hydrogen-bond donors (Lipinski definition) is 0. The van der Waals surface area contributed by atoms with E-state index in [1.165, 1.54) is 12.8 Å². The summed E-state index contributed by atoms with van der Waals surface area (Å²) in [5.41, 5.74) is 0.133. The lowest BCUT2D eigenvalue weighted by Gasteiger charge is -2.29. The lowest BCUT2D eigenvalue weighted by molar-refractivity contribution is -0.115. The molecular weight excluding hydrogens is 176 g/mol. The van der Waals surface area contributed by atoms with E-state index in [0.29, 0.717) is 11.8 Å². The van der Waals surface area contributed by atoms with Gasteiger partial charge >= 0.3 is 0 Å². The van der Waals surface area contributed by atoms with E-state index in [4.69, 9.17) is 9.47 Å². The maximum atomic E-state index is 5.98. The molecule has 0 radical (unpaired) electrons. The summed E-state index contributed by atoms with van der Waals surface area (Å²) in [6.07, 6.45) is 2.37. The summed E-state index contributed by atoms with van der Waals surface area (Å²) in [4.78, 5) is 0. The number of rotatable bonds is 5. The maximum absolute atomic E-state index is 5.98. The van der Waals surface area contributed by atoms with Crippen LogP contribution in [-0.2, 0) is 9.47 Å². The molecule has 14 heavy (non-hydrogen) atoms. The predicted molar refractivity (Wildman–Crippen MR) is 56.3 cm³/mol. The molecule has 0 saturated heterocycles. The minimum absolute atomic E-state index is 0.0666. The van der Waals surface area contributed by atoms with Crippen LogP contribution in [0.15, 0.2) is 0 Å². The highest BCUT2D eigenvalue weighted by Gasteiger charge is 2.75. The normalized spacial score (nSPS) is 50.6. The molecule has 4 atom stereocenters. The Labute approximate surface area is 87.0 Å². The Kier molecular flexibility index (Phi) is 2.39. The molecule has 0 aromatic rings. The van der Waals surface area contributed by atoms with Gasteiger partial charge in [-0.05, 0) is 38.5 Å². The van der Waals surface area contributed by atoms with Crippen LogP contribution in [0.5, 0.6) is 0 Å². The van der Waals surface area contributed by atoms with E-state index < -0.39 is 0 Å². The molecule has 0 aromatic carbocycles. The van der Waals surface area contributed by atoms with E-state index in [0.717, 1.165) is 13.2 Å². The van der Waals surface area contributed by atoms with Gasteiger partial charge in [0.25, 0.3) is 0 Å². The molecule has 0 aliphatic heterocycles. The highest BCUT2D eigenvalue weighted by Crippen LogP contribution is 2.67. The van der Waals surface area contributed by atoms with Crippen molar-refractivity contribution in [2.24, 2.45) is 11.8 Å². The third kappa shape index (κ3) is 1.17. The highest BCUT2D eigenvalue weighted by atomic mass is 16.6. The number of hydrogen-bond acceptors (Lipinski definition) is 2. The predicted octanol–water partition coefficient (Wildman–Crippen LogP) is 2.62. The van der Waals surface area contributed by atoms with Crippen molar-refractivity contribution in [1.29, 1.82) is 0 Å². The first kappa shape index (κ1) is 10.4. The van der Waals surface area contributed by atoms with Gasteiger partial charge in [0.15, 0.2) is 0 Å². The van der Waals surface area contributed by atoms with E-state index in [2.05, 4.69) is 27.7 Å². The fourth-order valence-electron chi connectivity index (χ4n) is 3.13. The fraction of sp³-hybridized carbons (Fsp3) is 1.00. The second-order valence-electron chi connectivity index (χ2n) is 4.86. The van der Waals surface area contributed by atoms with Crippen LogP contribution in [0.4, 0.5) is 0 Å². The Balaban J connectivity index is 2.11. The Morgan fingerprint density at radius 1 is 0.929 bits per heavy atom. The van der Waals surface area contributed by atoms with E-state index in [9.17, 15) is 0 Å². The van der Waals surface area contributed by atoms with Crippen LogP contribution in [0.1, 0.15) is 40.5 Å². The van der Waals surface area contributed by atoms with Gasteiger partial charge in [-0.25, -0.2) is 0 Å². The monoisotopic (exact) mass is 198 g/mol. The molecular formula is C12H22O2. The van der Waals surface area contributed by atoms with Gasteiger partial charge < -0.3 is 9.47 Å². The molecule has 0 bridgehead atoms. The van der Waals surface area contributed by atoms with Crippen molar-refractivity contribution in [1.82, 2.24) is 0 Å². The Bertz CT molecular complexity index is 204. The fourth-order valence-corrected chi connectivity index (χ4v) is 3.13. The number of ether oxygens (including phenoxy) is 2. The molecule has 2 heteroatoms. The minimum Gasteiger partial charge on any atom is -0.372 e. The van der Waals surface area contributed by atoms with Crippen LogP contribution in [0, 0.1) is 11.8 Å². The molecule has 4 unspecified atom stereocenters. The average Bonchev–Trinajstić information content (AvgIpc) is 2.95. The van der Waals surface area contributed by atoms with Gasteiger partial charge in [0, 0.05) is 13.2 Å². The summed E-state index contributed by atoms with van der Waals surface area (Å²) in [6, 6.07) is 0. The minimum atomic E-state index is 0.0666. The molecule has 2 aliphatic carbocycles. The van der Waals surface area contributed by atoms with Gasteiger partial charge in [0.1, 0.15) is 11.2 Å². The summed E-state index contributed by atoms with van der Waals surface area (Å²) in [6.45, 7) is 10.3. The van der Waals surface area contributed by atoms with E-state index >= 15 is 0 Å². The zero-order valence-electron chi connectivity index (χ0n) is 9.80. The van der Waals surface area contributed by atoms with E-state index in [1.54, 1.807) is 0 Å². The Hall–Kier alpha value is -0.0800. The topological polar surface area (TPSA) is 18.5 Å². The van der Waals surface area contributed by atoms with Crippen molar-refractivity contribution < 1.29 is 9.47 Å². The summed E-state index contributed by atoms with van der Waals surface area (Å²) in [7, 11) is 0. The van der Waals surface area contributed by atoms with Crippen molar-refractivity contribution >= 4 is 0 Å². The summed E-state index contributed by atoms with van der Waals surface area (Å²) in [5.74, 6) is 1.36. The van der Waals surface area contributed by atoms with Crippen LogP contribution in [0.3, 0.4) is 0 Å². The van der Waals surface area contributed by atoms with Gasteiger partial charge in [-0.15, -0.1) is 0 Å². The van der Waals surface area contributed by atoms with Crippen LogP contribution in [0.25, 0.3) is 0 Å². The van der Waals surface area contributed by atoms with Crippen molar-refractivity contribution in [2.45, 2.75) is 51.7 Å². The van der Waals surface area contributed by atoms with E-state index in [1.807, 2.05) is 0 Å². The smallest absolute Gasteiger partial charge is 0.100 e. The summed E-state index contributed by atoms with van der Waals surface area (Å²) >= 11 is 0. The highest BCUT2D eigenvalue weighted by molar-refractivity contribution is 5.26. The van der Waals surface area contributed by atoms with Gasteiger partial charge in [-0.1, -0.05) is 13.8 Å². The molecule has 2 aliphatic rings. The van der Waals surface area contributed by atoms with Gasteiger partial charge in [0.05, 0.1) is 0 Å². The third-order valence-electron chi connectivity index (χ3n) is 4.01. The van der Waals surface area contributed by atoms with Crippen LogP contribution in [-0.4, -0.2) is 24.4 Å².